The molecular weight excluding hydrogens is 216 g/mol. The van der Waals surface area contributed by atoms with Crippen LogP contribution < -0.4 is 5.73 Å². The Labute approximate surface area is 102 Å². The average molecular weight is 236 g/mol. The van der Waals surface area contributed by atoms with E-state index in [9.17, 15) is 0 Å². The first-order valence-corrected chi connectivity index (χ1v) is 5.75. The van der Waals surface area contributed by atoms with Crippen molar-refractivity contribution in [2.24, 2.45) is 10.9 Å². The van der Waals surface area contributed by atoms with Crippen LogP contribution in [-0.2, 0) is 4.84 Å². The highest BCUT2D eigenvalue weighted by Crippen LogP contribution is 2.26. The molecule has 1 rings (SSSR count). The Bertz CT molecular complexity index is 356. The molecule has 0 radical (unpaired) electrons. The largest absolute Gasteiger partial charge is 0.399 e. The van der Waals surface area contributed by atoms with Crippen molar-refractivity contribution in [2.75, 3.05) is 6.61 Å². The summed E-state index contributed by atoms with van der Waals surface area (Å²) in [5.74, 6) is 0. The van der Waals surface area contributed by atoms with Crippen LogP contribution in [-0.4, -0.2) is 24.0 Å². The van der Waals surface area contributed by atoms with E-state index in [1.165, 1.54) is 5.57 Å². The Morgan fingerprint density at radius 2 is 2.47 bits per heavy atom. The second-order valence-electron chi connectivity index (χ2n) is 4.03. The summed E-state index contributed by atoms with van der Waals surface area (Å²) in [5, 5.41) is 12.8. The molecule has 3 N–H and O–H groups in total. The number of allylic oxidation sites excluding steroid dienone is 4. The predicted molar refractivity (Wildman–Crippen MR) is 69.5 cm³/mol. The fraction of sp³-hybridized carbons (Fsp3) is 0.462. The summed E-state index contributed by atoms with van der Waals surface area (Å²) in [6.45, 7) is 5.47. The zero-order valence-corrected chi connectivity index (χ0v) is 10.2. The number of hydrogen-bond donors (Lipinski definition) is 2. The maximum Gasteiger partial charge on any atom is 0.150 e. The van der Waals surface area contributed by atoms with Crippen LogP contribution in [0, 0.1) is 0 Å². The lowest BCUT2D eigenvalue weighted by Crippen LogP contribution is -2.15. The van der Waals surface area contributed by atoms with E-state index in [0.29, 0.717) is 5.70 Å². The van der Waals surface area contributed by atoms with E-state index in [1.807, 2.05) is 6.08 Å². The van der Waals surface area contributed by atoms with Gasteiger partial charge in [0, 0.05) is 11.9 Å². The SMILES string of the molecule is C=C(N)C1=CC=C(CCC(CO)O/N=C\C)C1. The summed E-state index contributed by atoms with van der Waals surface area (Å²) in [6, 6.07) is 0. The van der Waals surface area contributed by atoms with Crippen LogP contribution >= 0.6 is 0 Å². The minimum absolute atomic E-state index is 0.0193. The summed E-state index contributed by atoms with van der Waals surface area (Å²) < 4.78 is 0. The van der Waals surface area contributed by atoms with Gasteiger partial charge in [0.15, 0.2) is 6.10 Å². The van der Waals surface area contributed by atoms with E-state index < -0.39 is 0 Å². The predicted octanol–water partition coefficient (Wildman–Crippen LogP) is 1.88. The van der Waals surface area contributed by atoms with Crippen LogP contribution in [0.5, 0.6) is 0 Å². The minimum Gasteiger partial charge on any atom is -0.399 e. The maximum atomic E-state index is 9.10. The van der Waals surface area contributed by atoms with Crippen LogP contribution in [0.15, 0.2) is 40.7 Å². The Kier molecular flexibility index (Phi) is 5.49. The lowest BCUT2D eigenvalue weighted by Gasteiger charge is -2.12. The van der Waals surface area contributed by atoms with Gasteiger partial charge in [0.1, 0.15) is 0 Å². The molecule has 0 aromatic heterocycles. The van der Waals surface area contributed by atoms with Crippen molar-refractivity contribution in [1.29, 1.82) is 0 Å². The molecule has 0 aliphatic heterocycles. The Morgan fingerprint density at radius 3 is 3.00 bits per heavy atom. The fourth-order valence-electron chi connectivity index (χ4n) is 1.64. The van der Waals surface area contributed by atoms with Crippen LogP contribution in [0.2, 0.25) is 0 Å². The van der Waals surface area contributed by atoms with Gasteiger partial charge in [-0.3, -0.25) is 0 Å². The number of rotatable bonds is 7. The molecule has 0 aromatic rings. The van der Waals surface area contributed by atoms with Crippen LogP contribution in [0.3, 0.4) is 0 Å². The van der Waals surface area contributed by atoms with Crippen LogP contribution in [0.4, 0.5) is 0 Å². The molecule has 0 saturated carbocycles. The van der Waals surface area contributed by atoms with Crippen molar-refractivity contribution in [3.05, 3.63) is 35.6 Å². The molecule has 1 unspecified atom stereocenters. The number of nitrogens with zero attached hydrogens (tertiary/aromatic N) is 1. The topological polar surface area (TPSA) is 67.8 Å². The summed E-state index contributed by atoms with van der Waals surface area (Å²) in [6.07, 6.45) is 7.86. The van der Waals surface area contributed by atoms with E-state index in [-0.39, 0.29) is 12.7 Å². The zero-order valence-electron chi connectivity index (χ0n) is 10.2. The molecule has 94 valence electrons. The monoisotopic (exact) mass is 236 g/mol. The standard InChI is InChI=1S/C13H20N2O2/c1-3-15-17-13(9-16)7-5-11-4-6-12(8-11)10(2)14/h3-4,6,13,16H,2,5,7-9,14H2,1H3/b15-3-. The molecule has 1 aliphatic carbocycles. The molecule has 1 atom stereocenters. The number of aliphatic hydroxyl groups is 1. The van der Waals surface area contributed by atoms with Crippen molar-refractivity contribution in [2.45, 2.75) is 32.3 Å². The third kappa shape index (κ3) is 4.44. The smallest absolute Gasteiger partial charge is 0.150 e. The third-order valence-electron chi connectivity index (χ3n) is 2.66. The van der Waals surface area contributed by atoms with Crippen molar-refractivity contribution in [3.63, 3.8) is 0 Å². The molecule has 4 heteroatoms. The average Bonchev–Trinajstić information content (AvgIpc) is 2.78. The van der Waals surface area contributed by atoms with Gasteiger partial charge >= 0.3 is 0 Å². The van der Waals surface area contributed by atoms with E-state index in [2.05, 4.69) is 17.8 Å². The van der Waals surface area contributed by atoms with Crippen molar-refractivity contribution in [3.8, 4) is 0 Å². The quantitative estimate of drug-likeness (QED) is 0.524. The molecule has 0 heterocycles. The summed E-state index contributed by atoms with van der Waals surface area (Å²) in [4.78, 5) is 5.11. The van der Waals surface area contributed by atoms with Crippen LogP contribution in [0.25, 0.3) is 0 Å². The molecule has 0 spiro atoms. The molecule has 0 bridgehead atoms. The van der Waals surface area contributed by atoms with Gasteiger partial charge in [-0.15, -0.1) is 0 Å². The molecule has 1 aliphatic rings. The van der Waals surface area contributed by atoms with Gasteiger partial charge in [-0.25, -0.2) is 0 Å². The first-order valence-electron chi connectivity index (χ1n) is 5.75. The molecule has 0 amide bonds. The molecule has 0 fully saturated rings. The number of hydrogen-bond acceptors (Lipinski definition) is 4. The molecule has 0 aromatic carbocycles. The number of oxime groups is 1. The third-order valence-corrected chi connectivity index (χ3v) is 2.66. The zero-order chi connectivity index (χ0) is 12.7. The first-order chi connectivity index (χ1) is 8.17. The number of nitrogens with two attached hydrogens (primary N) is 1. The molecule has 4 nitrogen and oxygen atoms in total. The van der Waals surface area contributed by atoms with E-state index >= 15 is 0 Å². The summed E-state index contributed by atoms with van der Waals surface area (Å²) in [5.41, 5.74) is 8.62. The van der Waals surface area contributed by atoms with Gasteiger partial charge < -0.3 is 15.7 Å². The highest BCUT2D eigenvalue weighted by atomic mass is 16.6. The number of aliphatic hydroxyl groups excluding tert-OH is 1. The second-order valence-corrected chi connectivity index (χ2v) is 4.03. The molecular formula is C13H20N2O2. The second kappa shape index (κ2) is 6.91. The summed E-state index contributed by atoms with van der Waals surface area (Å²) >= 11 is 0. The van der Waals surface area contributed by atoms with Gasteiger partial charge in [-0.1, -0.05) is 29.5 Å². The summed E-state index contributed by atoms with van der Waals surface area (Å²) in [7, 11) is 0. The van der Waals surface area contributed by atoms with E-state index in [1.54, 1.807) is 13.1 Å². The van der Waals surface area contributed by atoms with Crippen LogP contribution in [0.1, 0.15) is 26.2 Å². The van der Waals surface area contributed by atoms with Crippen molar-refractivity contribution >= 4 is 6.21 Å². The fourth-order valence-corrected chi connectivity index (χ4v) is 1.64. The first kappa shape index (κ1) is 13.5. The van der Waals surface area contributed by atoms with Gasteiger partial charge in [-0.05, 0) is 31.8 Å². The minimum atomic E-state index is -0.239. The maximum absolute atomic E-state index is 9.10. The van der Waals surface area contributed by atoms with E-state index in [0.717, 1.165) is 24.8 Å². The van der Waals surface area contributed by atoms with Gasteiger partial charge in [0.2, 0.25) is 0 Å². The Hall–Kier alpha value is -1.55. The van der Waals surface area contributed by atoms with E-state index in [4.69, 9.17) is 15.7 Å². The highest BCUT2D eigenvalue weighted by Gasteiger charge is 2.13. The van der Waals surface area contributed by atoms with Gasteiger partial charge in [-0.2, -0.15) is 0 Å². The normalized spacial score (nSPS) is 16.8. The Morgan fingerprint density at radius 1 is 1.71 bits per heavy atom. The molecule has 0 saturated heterocycles. The van der Waals surface area contributed by atoms with Crippen molar-refractivity contribution < 1.29 is 9.94 Å². The highest BCUT2D eigenvalue weighted by molar-refractivity contribution is 5.52. The molecule has 17 heavy (non-hydrogen) atoms. The Balaban J connectivity index is 2.30. The van der Waals surface area contributed by atoms with Gasteiger partial charge in [0.05, 0.1) is 6.61 Å². The lowest BCUT2D eigenvalue weighted by atomic mass is 10.0. The van der Waals surface area contributed by atoms with Gasteiger partial charge in [0.25, 0.3) is 0 Å². The lowest BCUT2D eigenvalue weighted by molar-refractivity contribution is 0.0125. The van der Waals surface area contributed by atoms with Crippen molar-refractivity contribution in [1.82, 2.24) is 0 Å².